The summed E-state index contributed by atoms with van der Waals surface area (Å²) in [5.41, 5.74) is 1.59. The van der Waals surface area contributed by atoms with Crippen molar-refractivity contribution >= 4 is 31.4 Å². The molecule has 1 fully saturated rings. The second-order valence-electron chi connectivity index (χ2n) is 6.70. The van der Waals surface area contributed by atoms with Gasteiger partial charge >= 0.3 is 0 Å². The molecule has 1 saturated heterocycles. The number of halogens is 1. The number of rotatable bonds is 3. The highest BCUT2D eigenvalue weighted by Gasteiger charge is 2.30. The number of likely N-dealkylation sites (tertiary alicyclic amines) is 1. The largest absolute Gasteiger partial charge is 0.306 e. The Labute approximate surface area is 156 Å². The van der Waals surface area contributed by atoms with E-state index in [1.165, 1.54) is 23.5 Å². The van der Waals surface area contributed by atoms with Gasteiger partial charge in [-0.05, 0) is 75.4 Å². The molecule has 0 atom stereocenters. The van der Waals surface area contributed by atoms with Crippen molar-refractivity contribution in [2.45, 2.75) is 23.0 Å². The van der Waals surface area contributed by atoms with E-state index in [4.69, 9.17) is 0 Å². The van der Waals surface area contributed by atoms with Crippen LogP contribution in [0.1, 0.15) is 12.8 Å². The first-order valence-electron chi connectivity index (χ1n) is 8.52. The topological polar surface area (TPSA) is 50.3 Å². The van der Waals surface area contributed by atoms with Gasteiger partial charge in [0, 0.05) is 5.56 Å². The standard InChI is InChI=1S/C19H19FN2O2S2/c1-22-10-8-15(9-11-22)26(23,24)16-6-7-17-18(12-16)25-19(21-17)13-2-4-14(20)5-3-13/h2-7,12,15H,8-11H2,1H3. The van der Waals surface area contributed by atoms with Crippen LogP contribution in [-0.4, -0.2) is 43.7 Å². The first-order chi connectivity index (χ1) is 12.4. The molecule has 1 aliphatic rings. The lowest BCUT2D eigenvalue weighted by molar-refractivity contribution is 0.277. The molecular formula is C19H19FN2O2S2. The fourth-order valence-electron chi connectivity index (χ4n) is 3.29. The van der Waals surface area contributed by atoms with Crippen molar-refractivity contribution in [3.63, 3.8) is 0 Å². The lowest BCUT2D eigenvalue weighted by Crippen LogP contribution is -2.37. The summed E-state index contributed by atoms with van der Waals surface area (Å²) in [6.07, 6.45) is 1.33. The smallest absolute Gasteiger partial charge is 0.181 e. The third kappa shape index (κ3) is 3.26. The molecule has 26 heavy (non-hydrogen) atoms. The van der Waals surface area contributed by atoms with Crippen molar-refractivity contribution in [1.82, 2.24) is 9.88 Å². The maximum Gasteiger partial charge on any atom is 0.181 e. The molecule has 1 aliphatic heterocycles. The summed E-state index contributed by atoms with van der Waals surface area (Å²) in [5.74, 6) is -0.290. The van der Waals surface area contributed by atoms with Crippen LogP contribution >= 0.6 is 11.3 Å². The van der Waals surface area contributed by atoms with Gasteiger partial charge in [0.15, 0.2) is 9.84 Å². The van der Waals surface area contributed by atoms with Crippen LogP contribution in [0.5, 0.6) is 0 Å². The van der Waals surface area contributed by atoms with Crippen LogP contribution in [0.4, 0.5) is 4.39 Å². The molecule has 0 spiro atoms. The zero-order chi connectivity index (χ0) is 18.3. The van der Waals surface area contributed by atoms with E-state index in [-0.39, 0.29) is 11.1 Å². The van der Waals surface area contributed by atoms with E-state index < -0.39 is 9.84 Å². The van der Waals surface area contributed by atoms with Gasteiger partial charge in [-0.25, -0.2) is 17.8 Å². The molecule has 136 valence electrons. The third-order valence-electron chi connectivity index (χ3n) is 4.88. The average molecular weight is 391 g/mol. The maximum atomic E-state index is 13.1. The minimum Gasteiger partial charge on any atom is -0.306 e. The van der Waals surface area contributed by atoms with Gasteiger partial charge in [-0.3, -0.25) is 0 Å². The molecule has 0 aliphatic carbocycles. The molecule has 0 unspecified atom stereocenters. The summed E-state index contributed by atoms with van der Waals surface area (Å²) in [7, 11) is -1.32. The summed E-state index contributed by atoms with van der Waals surface area (Å²) in [6.45, 7) is 1.61. The van der Waals surface area contributed by atoms with Crippen LogP contribution in [0, 0.1) is 5.82 Å². The summed E-state index contributed by atoms with van der Waals surface area (Å²) < 4.78 is 39.9. The Morgan fingerprint density at radius 2 is 1.81 bits per heavy atom. The van der Waals surface area contributed by atoms with E-state index >= 15 is 0 Å². The Morgan fingerprint density at radius 3 is 2.50 bits per heavy atom. The molecule has 3 aromatic rings. The SMILES string of the molecule is CN1CCC(S(=O)(=O)c2ccc3nc(-c4ccc(F)cc4)sc3c2)CC1. The molecule has 4 nitrogen and oxygen atoms in total. The van der Waals surface area contributed by atoms with E-state index in [0.717, 1.165) is 33.9 Å². The number of hydrogen-bond acceptors (Lipinski definition) is 5. The van der Waals surface area contributed by atoms with Crippen molar-refractivity contribution < 1.29 is 12.8 Å². The highest BCUT2D eigenvalue weighted by Crippen LogP contribution is 2.33. The van der Waals surface area contributed by atoms with Crippen molar-refractivity contribution in [1.29, 1.82) is 0 Å². The number of aromatic nitrogens is 1. The Kier molecular flexibility index (Phi) is 4.54. The van der Waals surface area contributed by atoms with Gasteiger partial charge in [-0.15, -0.1) is 11.3 Å². The molecule has 0 amide bonds. The lowest BCUT2D eigenvalue weighted by Gasteiger charge is -2.28. The number of hydrogen-bond donors (Lipinski definition) is 0. The molecule has 0 radical (unpaired) electrons. The number of benzene rings is 2. The van der Waals surface area contributed by atoms with Crippen molar-refractivity contribution in [2.75, 3.05) is 20.1 Å². The Balaban J connectivity index is 1.68. The van der Waals surface area contributed by atoms with Gasteiger partial charge in [-0.2, -0.15) is 0 Å². The quantitative estimate of drug-likeness (QED) is 0.679. The van der Waals surface area contributed by atoms with Crippen LogP contribution < -0.4 is 0 Å². The minimum atomic E-state index is -3.34. The van der Waals surface area contributed by atoms with Crippen molar-refractivity contribution in [3.8, 4) is 10.6 Å². The summed E-state index contributed by atoms with van der Waals surface area (Å²) in [5, 5.41) is 0.439. The number of sulfone groups is 1. The molecule has 0 bridgehead atoms. The Morgan fingerprint density at radius 1 is 1.12 bits per heavy atom. The zero-order valence-corrected chi connectivity index (χ0v) is 16.0. The zero-order valence-electron chi connectivity index (χ0n) is 14.4. The first kappa shape index (κ1) is 17.6. The number of nitrogens with zero attached hydrogens (tertiary/aromatic N) is 2. The molecule has 0 N–H and O–H groups in total. The number of thiazole rings is 1. The van der Waals surface area contributed by atoms with Gasteiger partial charge in [0.05, 0.1) is 20.4 Å². The molecule has 7 heteroatoms. The molecule has 2 aromatic carbocycles. The molecular weight excluding hydrogens is 371 g/mol. The van der Waals surface area contributed by atoms with E-state index in [2.05, 4.69) is 9.88 Å². The van der Waals surface area contributed by atoms with Crippen molar-refractivity contribution in [3.05, 3.63) is 48.3 Å². The van der Waals surface area contributed by atoms with Gasteiger partial charge in [-0.1, -0.05) is 0 Å². The summed E-state index contributed by atoms with van der Waals surface area (Å²) >= 11 is 1.43. The normalized spacial score (nSPS) is 17.0. The minimum absolute atomic E-state index is 0.290. The summed E-state index contributed by atoms with van der Waals surface area (Å²) in [4.78, 5) is 7.08. The highest BCUT2D eigenvalue weighted by molar-refractivity contribution is 7.92. The number of fused-ring (bicyclic) bond motifs is 1. The molecule has 2 heterocycles. The fourth-order valence-corrected chi connectivity index (χ4v) is 6.13. The van der Waals surface area contributed by atoms with Crippen LogP contribution in [0.25, 0.3) is 20.8 Å². The molecule has 1 aromatic heterocycles. The van der Waals surface area contributed by atoms with E-state index in [1.807, 2.05) is 7.05 Å². The fraction of sp³-hybridized carbons (Fsp3) is 0.316. The van der Waals surface area contributed by atoms with E-state index in [9.17, 15) is 12.8 Å². The van der Waals surface area contributed by atoms with Gasteiger partial charge < -0.3 is 4.90 Å². The predicted molar refractivity (Wildman–Crippen MR) is 103 cm³/mol. The molecule has 0 saturated carbocycles. The van der Waals surface area contributed by atoms with Gasteiger partial charge in [0.25, 0.3) is 0 Å². The second kappa shape index (κ2) is 6.72. The van der Waals surface area contributed by atoms with E-state index in [1.54, 1.807) is 30.3 Å². The monoisotopic (exact) mass is 390 g/mol. The van der Waals surface area contributed by atoms with Crippen LogP contribution in [0.2, 0.25) is 0 Å². The Bertz CT molecular complexity index is 1040. The second-order valence-corrected chi connectivity index (χ2v) is 9.96. The van der Waals surface area contributed by atoms with Crippen LogP contribution in [0.3, 0.4) is 0 Å². The lowest BCUT2D eigenvalue weighted by atomic mass is 10.1. The summed E-state index contributed by atoms with van der Waals surface area (Å²) in [6, 6.07) is 11.3. The average Bonchev–Trinajstić information content (AvgIpc) is 3.06. The Hall–Kier alpha value is -1.83. The maximum absolute atomic E-state index is 13.1. The number of piperidine rings is 1. The third-order valence-corrected chi connectivity index (χ3v) is 8.21. The predicted octanol–water partition coefficient (Wildman–Crippen LogP) is 3.97. The van der Waals surface area contributed by atoms with Gasteiger partial charge in [0.1, 0.15) is 10.8 Å². The van der Waals surface area contributed by atoms with E-state index in [0.29, 0.717) is 17.7 Å². The van der Waals surface area contributed by atoms with Gasteiger partial charge in [0.2, 0.25) is 0 Å². The van der Waals surface area contributed by atoms with Crippen LogP contribution in [-0.2, 0) is 9.84 Å². The van der Waals surface area contributed by atoms with Crippen molar-refractivity contribution in [2.24, 2.45) is 0 Å². The first-order valence-corrected chi connectivity index (χ1v) is 10.9. The highest BCUT2D eigenvalue weighted by atomic mass is 32.2. The van der Waals surface area contributed by atoms with Crippen LogP contribution in [0.15, 0.2) is 47.4 Å². The molecule has 4 rings (SSSR count).